The summed E-state index contributed by atoms with van der Waals surface area (Å²) in [5.74, 6) is 0.393. The highest BCUT2D eigenvalue weighted by molar-refractivity contribution is 7.61. The summed E-state index contributed by atoms with van der Waals surface area (Å²) in [6.45, 7) is 3.73. The van der Waals surface area contributed by atoms with Gasteiger partial charge in [-0.15, -0.1) is 0 Å². The van der Waals surface area contributed by atoms with Gasteiger partial charge in [0.05, 0.1) is 5.30 Å². The summed E-state index contributed by atoms with van der Waals surface area (Å²) in [6, 6.07) is 14.0. The van der Waals surface area contributed by atoms with E-state index in [1.165, 1.54) is 0 Å². The van der Waals surface area contributed by atoms with Crippen molar-refractivity contribution in [2.75, 3.05) is 0 Å². The van der Waals surface area contributed by atoms with Gasteiger partial charge in [-0.3, -0.25) is 0 Å². The number of hydrogen-bond acceptors (Lipinski definition) is 2. The van der Waals surface area contributed by atoms with Gasteiger partial charge in [-0.25, -0.2) is 4.57 Å². The molecule has 0 aromatic heterocycles. The summed E-state index contributed by atoms with van der Waals surface area (Å²) >= 11 is 0. The van der Waals surface area contributed by atoms with Gasteiger partial charge < -0.3 is 9.42 Å². The van der Waals surface area contributed by atoms with Crippen LogP contribution in [0.4, 0.5) is 0 Å². The lowest BCUT2D eigenvalue weighted by Crippen LogP contribution is -2.13. The molecule has 4 heteroatoms. The molecule has 1 unspecified atom stereocenters. The lowest BCUT2D eigenvalue weighted by molar-refractivity contribution is 0.393. The first-order chi connectivity index (χ1) is 8.50. The molecule has 1 N–H and O–H groups in total. The maximum absolute atomic E-state index is 12.3. The standard InChI is InChI=1S/C14H15O3P/c1-11-7-6-10-14(12(11)2)18(15,16)17-13-8-4-3-5-9-13/h3-10H,1-2H3,(H,15,16). The van der Waals surface area contributed by atoms with Crippen molar-refractivity contribution in [3.05, 3.63) is 59.7 Å². The second-order valence-electron chi connectivity index (χ2n) is 4.14. The summed E-state index contributed by atoms with van der Waals surface area (Å²) < 4.78 is 17.5. The normalized spacial score (nSPS) is 13.9. The molecular formula is C14H15O3P. The average molecular weight is 262 g/mol. The Balaban J connectivity index is 2.37. The molecule has 94 valence electrons. The number of rotatable bonds is 3. The third-order valence-corrected chi connectivity index (χ3v) is 4.40. The van der Waals surface area contributed by atoms with Gasteiger partial charge in [-0.2, -0.15) is 0 Å². The second-order valence-corrected chi connectivity index (χ2v) is 5.85. The van der Waals surface area contributed by atoms with Crippen molar-refractivity contribution in [2.45, 2.75) is 13.8 Å². The molecule has 0 radical (unpaired) electrons. The summed E-state index contributed by atoms with van der Waals surface area (Å²) in [6.07, 6.45) is 0. The van der Waals surface area contributed by atoms with Crippen molar-refractivity contribution in [3.8, 4) is 5.75 Å². The monoisotopic (exact) mass is 262 g/mol. The minimum atomic E-state index is -3.83. The SMILES string of the molecule is Cc1cccc(P(=O)(O)Oc2ccccc2)c1C. The summed E-state index contributed by atoms with van der Waals surface area (Å²) in [5.41, 5.74) is 1.76. The van der Waals surface area contributed by atoms with E-state index in [9.17, 15) is 9.46 Å². The van der Waals surface area contributed by atoms with Crippen LogP contribution in [0.15, 0.2) is 48.5 Å². The topological polar surface area (TPSA) is 46.5 Å². The van der Waals surface area contributed by atoms with Gasteiger partial charge >= 0.3 is 7.60 Å². The number of hydrogen-bond donors (Lipinski definition) is 1. The maximum atomic E-state index is 12.3. The molecule has 0 aliphatic heterocycles. The molecule has 0 aliphatic carbocycles. The summed E-state index contributed by atoms with van der Waals surface area (Å²) in [5, 5.41) is 0.353. The van der Waals surface area contributed by atoms with Crippen LogP contribution in [0.5, 0.6) is 5.75 Å². The van der Waals surface area contributed by atoms with Crippen molar-refractivity contribution in [2.24, 2.45) is 0 Å². The Kier molecular flexibility index (Phi) is 3.55. The highest BCUT2D eigenvalue weighted by Gasteiger charge is 2.26. The molecule has 18 heavy (non-hydrogen) atoms. The van der Waals surface area contributed by atoms with Crippen LogP contribution in [0, 0.1) is 13.8 Å². The van der Waals surface area contributed by atoms with Gasteiger partial charge in [0.25, 0.3) is 0 Å². The third-order valence-electron chi connectivity index (χ3n) is 2.85. The van der Waals surface area contributed by atoms with Crippen LogP contribution in [0.3, 0.4) is 0 Å². The van der Waals surface area contributed by atoms with Crippen molar-refractivity contribution < 1.29 is 14.0 Å². The zero-order valence-electron chi connectivity index (χ0n) is 10.3. The highest BCUT2D eigenvalue weighted by atomic mass is 31.2. The van der Waals surface area contributed by atoms with E-state index >= 15 is 0 Å². The van der Waals surface area contributed by atoms with Crippen LogP contribution in [-0.2, 0) is 4.57 Å². The molecule has 1 atom stereocenters. The van der Waals surface area contributed by atoms with Crippen LogP contribution in [0.1, 0.15) is 11.1 Å². The van der Waals surface area contributed by atoms with E-state index in [-0.39, 0.29) is 0 Å². The van der Waals surface area contributed by atoms with E-state index in [4.69, 9.17) is 4.52 Å². The van der Waals surface area contributed by atoms with E-state index in [1.54, 1.807) is 36.4 Å². The van der Waals surface area contributed by atoms with Gasteiger partial charge in [0.15, 0.2) is 0 Å². The Bertz CT molecular complexity index is 593. The van der Waals surface area contributed by atoms with E-state index in [0.717, 1.165) is 11.1 Å². The van der Waals surface area contributed by atoms with Crippen LogP contribution < -0.4 is 9.83 Å². The molecular weight excluding hydrogens is 247 g/mol. The minimum Gasteiger partial charge on any atom is -0.421 e. The zero-order chi connectivity index (χ0) is 13.2. The van der Waals surface area contributed by atoms with Crippen molar-refractivity contribution in [3.63, 3.8) is 0 Å². The lowest BCUT2D eigenvalue weighted by Gasteiger charge is -2.16. The third kappa shape index (κ3) is 2.63. The Hall–Kier alpha value is -1.57. The average Bonchev–Trinajstić information content (AvgIpc) is 2.33. The first kappa shape index (κ1) is 12.9. The molecule has 0 heterocycles. The fraction of sp³-hybridized carbons (Fsp3) is 0.143. The predicted octanol–water partition coefficient (Wildman–Crippen LogP) is 3.19. The molecule has 0 spiro atoms. The van der Waals surface area contributed by atoms with Crippen LogP contribution in [0.2, 0.25) is 0 Å². The quantitative estimate of drug-likeness (QED) is 0.864. The Labute approximate surface area is 107 Å². The molecule has 3 nitrogen and oxygen atoms in total. The van der Waals surface area contributed by atoms with Crippen LogP contribution >= 0.6 is 7.60 Å². The maximum Gasteiger partial charge on any atom is 0.408 e. The van der Waals surface area contributed by atoms with E-state index in [0.29, 0.717) is 11.1 Å². The molecule has 2 rings (SSSR count). The van der Waals surface area contributed by atoms with Crippen molar-refractivity contribution >= 4 is 12.9 Å². The molecule has 0 bridgehead atoms. The van der Waals surface area contributed by atoms with Crippen molar-refractivity contribution in [1.82, 2.24) is 0 Å². The fourth-order valence-corrected chi connectivity index (χ4v) is 3.10. The smallest absolute Gasteiger partial charge is 0.408 e. The fourth-order valence-electron chi connectivity index (χ4n) is 1.72. The first-order valence-electron chi connectivity index (χ1n) is 5.65. The number of para-hydroxylation sites is 1. The highest BCUT2D eigenvalue weighted by Crippen LogP contribution is 2.42. The molecule has 0 amide bonds. The minimum absolute atomic E-state index is 0.353. The van der Waals surface area contributed by atoms with Gasteiger partial charge in [0.2, 0.25) is 0 Å². The molecule has 0 fully saturated rings. The molecule has 0 saturated carbocycles. The molecule has 2 aromatic rings. The summed E-state index contributed by atoms with van der Waals surface area (Å²) in [7, 11) is -3.83. The molecule has 2 aromatic carbocycles. The van der Waals surface area contributed by atoms with Gasteiger partial charge in [-0.05, 0) is 43.2 Å². The Morgan fingerprint density at radius 3 is 2.33 bits per heavy atom. The number of benzene rings is 2. The molecule has 0 aliphatic rings. The van der Waals surface area contributed by atoms with Gasteiger partial charge in [0.1, 0.15) is 5.75 Å². The Morgan fingerprint density at radius 1 is 1.00 bits per heavy atom. The zero-order valence-corrected chi connectivity index (χ0v) is 11.2. The predicted molar refractivity (Wildman–Crippen MR) is 72.4 cm³/mol. The summed E-state index contributed by atoms with van der Waals surface area (Å²) in [4.78, 5) is 10.1. The van der Waals surface area contributed by atoms with Gasteiger partial charge in [-0.1, -0.05) is 30.3 Å². The second kappa shape index (κ2) is 4.97. The number of aryl methyl sites for hydroxylation is 1. The van der Waals surface area contributed by atoms with Gasteiger partial charge in [0, 0.05) is 0 Å². The van der Waals surface area contributed by atoms with E-state index in [2.05, 4.69) is 0 Å². The first-order valence-corrected chi connectivity index (χ1v) is 7.23. The van der Waals surface area contributed by atoms with Crippen molar-refractivity contribution in [1.29, 1.82) is 0 Å². The Morgan fingerprint density at radius 2 is 1.67 bits per heavy atom. The largest absolute Gasteiger partial charge is 0.421 e. The molecule has 0 saturated heterocycles. The van der Waals surface area contributed by atoms with Crippen LogP contribution in [0.25, 0.3) is 0 Å². The van der Waals surface area contributed by atoms with Crippen LogP contribution in [-0.4, -0.2) is 4.89 Å². The van der Waals surface area contributed by atoms with E-state index < -0.39 is 7.60 Å². The van der Waals surface area contributed by atoms with E-state index in [1.807, 2.05) is 26.0 Å². The lowest BCUT2D eigenvalue weighted by atomic mass is 10.1.